The molecule has 0 saturated heterocycles. The molecule has 1 aromatic rings. The first-order chi connectivity index (χ1) is 5.95. The summed E-state index contributed by atoms with van der Waals surface area (Å²) in [6, 6.07) is 2.92. The second-order valence-electron chi connectivity index (χ2n) is 2.32. The van der Waals surface area contributed by atoms with Gasteiger partial charge in [-0.1, -0.05) is 11.6 Å². The van der Waals surface area contributed by atoms with Gasteiger partial charge in [-0.15, -0.1) is 0 Å². The van der Waals surface area contributed by atoms with Crippen LogP contribution in [0.25, 0.3) is 0 Å². The molecule has 70 valence electrons. The molecular formula is C8H5ClF3N. The van der Waals surface area contributed by atoms with E-state index in [1.54, 1.807) is 0 Å². The lowest BCUT2D eigenvalue weighted by Crippen LogP contribution is -2.04. The number of aliphatic imine (C=N–C) groups is 1. The van der Waals surface area contributed by atoms with E-state index in [0.29, 0.717) is 0 Å². The SMILES string of the molecule is C=Nc1ccc(C(F)(F)F)cc1Cl. The summed E-state index contributed by atoms with van der Waals surface area (Å²) in [7, 11) is 0. The minimum absolute atomic E-state index is 0.0511. The van der Waals surface area contributed by atoms with Gasteiger partial charge in [0.05, 0.1) is 16.3 Å². The molecule has 0 aromatic heterocycles. The van der Waals surface area contributed by atoms with E-state index in [9.17, 15) is 13.2 Å². The van der Waals surface area contributed by atoms with E-state index in [-0.39, 0.29) is 10.7 Å². The Kier molecular flexibility index (Phi) is 2.61. The molecule has 0 aliphatic rings. The number of nitrogens with zero attached hydrogens (tertiary/aromatic N) is 1. The third-order valence-electron chi connectivity index (χ3n) is 1.45. The van der Waals surface area contributed by atoms with E-state index in [0.717, 1.165) is 12.1 Å². The summed E-state index contributed by atoms with van der Waals surface area (Å²) in [5.41, 5.74) is -0.542. The Bertz CT molecular complexity index is 333. The lowest BCUT2D eigenvalue weighted by molar-refractivity contribution is -0.137. The molecule has 0 atom stereocenters. The first-order valence-corrected chi connectivity index (χ1v) is 3.66. The number of halogens is 4. The first-order valence-electron chi connectivity index (χ1n) is 3.28. The van der Waals surface area contributed by atoms with Crippen molar-refractivity contribution >= 4 is 24.0 Å². The van der Waals surface area contributed by atoms with Gasteiger partial charge in [0, 0.05) is 0 Å². The van der Waals surface area contributed by atoms with Crippen molar-refractivity contribution < 1.29 is 13.2 Å². The van der Waals surface area contributed by atoms with E-state index in [2.05, 4.69) is 11.7 Å². The summed E-state index contributed by atoms with van der Waals surface area (Å²) in [6.45, 7) is 3.17. The molecule has 1 rings (SSSR count). The van der Waals surface area contributed by atoms with Crippen molar-refractivity contribution in [2.45, 2.75) is 6.18 Å². The quantitative estimate of drug-likeness (QED) is 0.623. The van der Waals surface area contributed by atoms with Gasteiger partial charge in [0.2, 0.25) is 0 Å². The monoisotopic (exact) mass is 207 g/mol. The van der Waals surface area contributed by atoms with E-state index < -0.39 is 11.7 Å². The van der Waals surface area contributed by atoms with Gasteiger partial charge in [0.15, 0.2) is 0 Å². The molecule has 0 aliphatic heterocycles. The number of benzene rings is 1. The fourth-order valence-electron chi connectivity index (χ4n) is 0.811. The van der Waals surface area contributed by atoms with E-state index in [1.165, 1.54) is 6.07 Å². The topological polar surface area (TPSA) is 12.4 Å². The normalized spacial score (nSPS) is 11.4. The van der Waals surface area contributed by atoms with Crippen molar-refractivity contribution in [2.75, 3.05) is 0 Å². The van der Waals surface area contributed by atoms with Gasteiger partial charge in [-0.2, -0.15) is 13.2 Å². The third kappa shape index (κ3) is 2.21. The predicted molar refractivity (Wildman–Crippen MR) is 45.7 cm³/mol. The van der Waals surface area contributed by atoms with Crippen LogP contribution >= 0.6 is 11.6 Å². The standard InChI is InChI=1S/C8H5ClF3N/c1-13-7-3-2-5(4-6(7)9)8(10,11)12/h2-4H,1H2. The Morgan fingerprint density at radius 1 is 1.31 bits per heavy atom. The van der Waals surface area contributed by atoms with Crippen LogP contribution in [0.5, 0.6) is 0 Å². The van der Waals surface area contributed by atoms with Crippen molar-refractivity contribution in [3.05, 3.63) is 28.8 Å². The van der Waals surface area contributed by atoms with Crippen LogP contribution in [-0.2, 0) is 6.18 Å². The smallest absolute Gasteiger partial charge is 0.263 e. The molecular weight excluding hydrogens is 203 g/mol. The summed E-state index contributed by atoms with van der Waals surface area (Å²) in [5.74, 6) is 0. The number of alkyl halides is 3. The maximum absolute atomic E-state index is 12.1. The first kappa shape index (κ1) is 10.1. The van der Waals surface area contributed by atoms with Gasteiger partial charge >= 0.3 is 6.18 Å². The zero-order chi connectivity index (χ0) is 10.1. The second kappa shape index (κ2) is 3.38. The highest BCUT2D eigenvalue weighted by Crippen LogP contribution is 2.34. The largest absolute Gasteiger partial charge is 0.416 e. The summed E-state index contributed by atoms with van der Waals surface area (Å²) < 4.78 is 36.3. The Morgan fingerprint density at radius 2 is 1.92 bits per heavy atom. The van der Waals surface area contributed by atoms with E-state index in [1.807, 2.05) is 0 Å². The highest BCUT2D eigenvalue weighted by molar-refractivity contribution is 6.33. The lowest BCUT2D eigenvalue weighted by Gasteiger charge is -2.07. The third-order valence-corrected chi connectivity index (χ3v) is 1.75. The van der Waals surface area contributed by atoms with Crippen molar-refractivity contribution in [2.24, 2.45) is 4.99 Å². The van der Waals surface area contributed by atoms with Crippen LogP contribution in [0, 0.1) is 0 Å². The summed E-state index contributed by atoms with van der Waals surface area (Å²) >= 11 is 5.50. The van der Waals surface area contributed by atoms with Crippen molar-refractivity contribution in [1.29, 1.82) is 0 Å². The second-order valence-corrected chi connectivity index (χ2v) is 2.73. The zero-order valence-corrected chi connectivity index (χ0v) is 7.15. The molecule has 0 amide bonds. The van der Waals surface area contributed by atoms with Gasteiger partial charge in [-0.05, 0) is 24.9 Å². The molecule has 0 radical (unpaired) electrons. The Labute approximate surface area is 77.9 Å². The molecule has 1 aromatic carbocycles. The maximum Gasteiger partial charge on any atom is 0.416 e. The maximum atomic E-state index is 12.1. The minimum atomic E-state index is -4.37. The summed E-state index contributed by atoms with van der Waals surface area (Å²) in [4.78, 5) is 3.44. The van der Waals surface area contributed by atoms with Gasteiger partial charge in [0.25, 0.3) is 0 Å². The van der Waals surface area contributed by atoms with Crippen LogP contribution in [-0.4, -0.2) is 6.72 Å². The molecule has 0 saturated carbocycles. The van der Waals surface area contributed by atoms with Crippen LogP contribution in [0.4, 0.5) is 18.9 Å². The highest BCUT2D eigenvalue weighted by atomic mass is 35.5. The van der Waals surface area contributed by atoms with Crippen LogP contribution in [0.3, 0.4) is 0 Å². The number of rotatable bonds is 1. The van der Waals surface area contributed by atoms with Crippen molar-refractivity contribution in [3.8, 4) is 0 Å². The molecule has 0 bridgehead atoms. The van der Waals surface area contributed by atoms with Crippen LogP contribution in [0.2, 0.25) is 5.02 Å². The molecule has 0 spiro atoms. The van der Waals surface area contributed by atoms with Gasteiger partial charge in [-0.25, -0.2) is 0 Å². The van der Waals surface area contributed by atoms with Crippen molar-refractivity contribution in [3.63, 3.8) is 0 Å². The summed E-state index contributed by atoms with van der Waals surface area (Å²) in [6.07, 6.45) is -4.37. The Morgan fingerprint density at radius 3 is 2.31 bits per heavy atom. The average Bonchev–Trinajstić information content (AvgIpc) is 2.02. The fourth-order valence-corrected chi connectivity index (χ4v) is 1.05. The Hall–Kier alpha value is -1.03. The lowest BCUT2D eigenvalue weighted by atomic mass is 10.2. The molecule has 1 nitrogen and oxygen atoms in total. The molecule has 0 aliphatic carbocycles. The van der Waals surface area contributed by atoms with Crippen LogP contribution in [0.15, 0.2) is 23.2 Å². The molecule has 5 heteroatoms. The fraction of sp³-hybridized carbons (Fsp3) is 0.125. The minimum Gasteiger partial charge on any atom is -0.263 e. The molecule has 0 fully saturated rings. The van der Waals surface area contributed by atoms with Crippen LogP contribution in [0.1, 0.15) is 5.56 Å². The molecule has 0 unspecified atom stereocenters. The Balaban J connectivity index is 3.17. The molecule has 13 heavy (non-hydrogen) atoms. The zero-order valence-electron chi connectivity index (χ0n) is 6.40. The summed E-state index contributed by atoms with van der Waals surface area (Å²) in [5, 5.41) is -0.0511. The van der Waals surface area contributed by atoms with Gasteiger partial charge < -0.3 is 0 Å². The highest BCUT2D eigenvalue weighted by Gasteiger charge is 2.30. The predicted octanol–water partition coefficient (Wildman–Crippen LogP) is 3.69. The van der Waals surface area contributed by atoms with Gasteiger partial charge in [0.1, 0.15) is 0 Å². The molecule has 0 N–H and O–H groups in total. The number of hydrogen-bond donors (Lipinski definition) is 0. The number of hydrogen-bond acceptors (Lipinski definition) is 1. The molecule has 0 heterocycles. The van der Waals surface area contributed by atoms with E-state index in [4.69, 9.17) is 11.6 Å². The van der Waals surface area contributed by atoms with E-state index >= 15 is 0 Å². The van der Waals surface area contributed by atoms with Crippen LogP contribution < -0.4 is 0 Å². The average molecular weight is 208 g/mol. The van der Waals surface area contributed by atoms with Gasteiger partial charge in [-0.3, -0.25) is 4.99 Å². The van der Waals surface area contributed by atoms with Crippen molar-refractivity contribution in [1.82, 2.24) is 0 Å².